The van der Waals surface area contributed by atoms with Crippen molar-refractivity contribution in [1.82, 2.24) is 9.97 Å². The maximum atomic E-state index is 13.6. The second kappa shape index (κ2) is 5.56. The first kappa shape index (κ1) is 13.1. The van der Waals surface area contributed by atoms with Crippen molar-refractivity contribution < 1.29 is 4.39 Å². The molecule has 0 radical (unpaired) electrons. The van der Waals surface area contributed by atoms with Gasteiger partial charge in [0.1, 0.15) is 5.82 Å². The van der Waals surface area contributed by atoms with Gasteiger partial charge in [-0.1, -0.05) is 18.2 Å². The standard InChI is InChI=1S/C14H15FN4/c1-9-8-10(2)17-14(16-9)19-18-11(3)12-6-4-5-7-13(12)15/h4-8H,1-3H3,(H,16,17,19)/b18-11+. The van der Waals surface area contributed by atoms with Crippen LogP contribution in [0.5, 0.6) is 0 Å². The summed E-state index contributed by atoms with van der Waals surface area (Å²) in [5, 5.41) is 4.11. The number of aromatic nitrogens is 2. The highest BCUT2D eigenvalue weighted by molar-refractivity contribution is 5.99. The lowest BCUT2D eigenvalue weighted by atomic mass is 10.1. The number of hydrogen-bond donors (Lipinski definition) is 1. The summed E-state index contributed by atoms with van der Waals surface area (Å²) in [4.78, 5) is 8.40. The average molecular weight is 258 g/mol. The van der Waals surface area contributed by atoms with Crippen molar-refractivity contribution in [3.63, 3.8) is 0 Å². The van der Waals surface area contributed by atoms with Crippen LogP contribution >= 0.6 is 0 Å². The van der Waals surface area contributed by atoms with Gasteiger partial charge in [0.25, 0.3) is 0 Å². The fourth-order valence-electron chi connectivity index (χ4n) is 1.72. The van der Waals surface area contributed by atoms with Gasteiger partial charge in [0.15, 0.2) is 0 Å². The highest BCUT2D eigenvalue weighted by Crippen LogP contribution is 2.09. The Morgan fingerprint density at radius 3 is 2.42 bits per heavy atom. The molecular formula is C14H15FN4. The number of hydrazone groups is 1. The number of nitrogens with zero attached hydrogens (tertiary/aromatic N) is 3. The summed E-state index contributed by atoms with van der Waals surface area (Å²) in [5.41, 5.74) is 5.46. The van der Waals surface area contributed by atoms with Gasteiger partial charge in [0, 0.05) is 17.0 Å². The van der Waals surface area contributed by atoms with E-state index in [0.717, 1.165) is 11.4 Å². The zero-order valence-corrected chi connectivity index (χ0v) is 11.1. The van der Waals surface area contributed by atoms with Crippen LogP contribution in [0.15, 0.2) is 35.4 Å². The molecule has 0 fully saturated rings. The van der Waals surface area contributed by atoms with Gasteiger partial charge in [0.2, 0.25) is 5.95 Å². The van der Waals surface area contributed by atoms with Crippen molar-refractivity contribution >= 4 is 11.7 Å². The monoisotopic (exact) mass is 258 g/mol. The summed E-state index contributed by atoms with van der Waals surface area (Å²) in [6.45, 7) is 5.49. The predicted octanol–water partition coefficient (Wildman–Crippen LogP) is 3.07. The van der Waals surface area contributed by atoms with Crippen molar-refractivity contribution in [3.05, 3.63) is 53.1 Å². The van der Waals surface area contributed by atoms with E-state index in [1.165, 1.54) is 6.07 Å². The molecule has 5 heteroatoms. The topological polar surface area (TPSA) is 50.2 Å². The molecule has 98 valence electrons. The highest BCUT2D eigenvalue weighted by atomic mass is 19.1. The van der Waals surface area contributed by atoms with Gasteiger partial charge in [-0.2, -0.15) is 5.10 Å². The molecule has 0 saturated heterocycles. The minimum Gasteiger partial charge on any atom is -0.245 e. The molecule has 2 rings (SSSR count). The Labute approximate surface area is 111 Å². The first-order chi connectivity index (χ1) is 9.06. The predicted molar refractivity (Wildman–Crippen MR) is 73.7 cm³/mol. The Morgan fingerprint density at radius 2 is 1.79 bits per heavy atom. The number of halogens is 1. The largest absolute Gasteiger partial charge is 0.245 e. The fourth-order valence-corrected chi connectivity index (χ4v) is 1.72. The van der Waals surface area contributed by atoms with E-state index >= 15 is 0 Å². The summed E-state index contributed by atoms with van der Waals surface area (Å²) >= 11 is 0. The summed E-state index contributed by atoms with van der Waals surface area (Å²) in [5.74, 6) is 0.111. The van der Waals surface area contributed by atoms with E-state index in [1.807, 2.05) is 19.9 Å². The minimum atomic E-state index is -0.299. The van der Waals surface area contributed by atoms with E-state index in [4.69, 9.17) is 0 Å². The van der Waals surface area contributed by atoms with E-state index in [1.54, 1.807) is 25.1 Å². The zero-order chi connectivity index (χ0) is 13.8. The van der Waals surface area contributed by atoms with Crippen molar-refractivity contribution in [1.29, 1.82) is 0 Å². The third-order valence-corrected chi connectivity index (χ3v) is 2.57. The maximum Gasteiger partial charge on any atom is 0.243 e. The molecular weight excluding hydrogens is 243 g/mol. The second-order valence-electron chi connectivity index (χ2n) is 4.26. The first-order valence-electron chi connectivity index (χ1n) is 5.94. The zero-order valence-electron chi connectivity index (χ0n) is 11.1. The molecule has 0 amide bonds. The van der Waals surface area contributed by atoms with Crippen LogP contribution in [0.25, 0.3) is 0 Å². The quantitative estimate of drug-likeness (QED) is 0.680. The van der Waals surface area contributed by atoms with Crippen LogP contribution < -0.4 is 5.43 Å². The Kier molecular flexibility index (Phi) is 3.85. The summed E-state index contributed by atoms with van der Waals surface area (Å²) in [6, 6.07) is 8.37. The van der Waals surface area contributed by atoms with Crippen molar-refractivity contribution in [3.8, 4) is 0 Å². The number of hydrogen-bond acceptors (Lipinski definition) is 4. The lowest BCUT2D eigenvalue weighted by Crippen LogP contribution is -2.05. The normalized spacial score (nSPS) is 11.5. The summed E-state index contributed by atoms with van der Waals surface area (Å²) in [7, 11) is 0. The molecule has 0 unspecified atom stereocenters. The van der Waals surface area contributed by atoms with Crippen LogP contribution in [-0.4, -0.2) is 15.7 Å². The van der Waals surface area contributed by atoms with Crippen molar-refractivity contribution in [2.45, 2.75) is 20.8 Å². The Balaban J connectivity index is 2.20. The van der Waals surface area contributed by atoms with Gasteiger partial charge in [-0.3, -0.25) is 0 Å². The smallest absolute Gasteiger partial charge is 0.243 e. The lowest BCUT2D eigenvalue weighted by Gasteiger charge is -2.05. The molecule has 1 aromatic heterocycles. The average Bonchev–Trinajstić information content (AvgIpc) is 2.35. The molecule has 0 aliphatic heterocycles. The fraction of sp³-hybridized carbons (Fsp3) is 0.214. The minimum absolute atomic E-state index is 0.299. The molecule has 0 aliphatic rings. The molecule has 4 nitrogen and oxygen atoms in total. The van der Waals surface area contributed by atoms with Crippen molar-refractivity contribution in [2.24, 2.45) is 5.10 Å². The number of nitrogens with one attached hydrogen (secondary N) is 1. The number of aryl methyl sites for hydroxylation is 2. The van der Waals surface area contributed by atoms with E-state index < -0.39 is 0 Å². The molecule has 0 aliphatic carbocycles. The third-order valence-electron chi connectivity index (χ3n) is 2.57. The molecule has 1 heterocycles. The molecule has 0 saturated carbocycles. The summed E-state index contributed by atoms with van der Waals surface area (Å²) in [6.07, 6.45) is 0. The van der Waals surface area contributed by atoms with Crippen LogP contribution in [0.1, 0.15) is 23.9 Å². The number of anilines is 1. The van der Waals surface area contributed by atoms with Crippen molar-refractivity contribution in [2.75, 3.05) is 5.43 Å². The van der Waals surface area contributed by atoms with Gasteiger partial charge in [-0.05, 0) is 32.9 Å². The number of benzene rings is 1. The van der Waals surface area contributed by atoms with E-state index in [9.17, 15) is 4.39 Å². The first-order valence-corrected chi connectivity index (χ1v) is 5.94. The molecule has 1 N–H and O–H groups in total. The molecule has 0 atom stereocenters. The molecule has 0 spiro atoms. The lowest BCUT2D eigenvalue weighted by molar-refractivity contribution is 0.625. The molecule has 0 bridgehead atoms. The summed E-state index contributed by atoms with van der Waals surface area (Å²) < 4.78 is 13.6. The molecule has 1 aromatic carbocycles. The molecule has 2 aromatic rings. The third kappa shape index (κ3) is 3.34. The Bertz CT molecular complexity index is 602. The van der Waals surface area contributed by atoms with Crippen LogP contribution in [0.3, 0.4) is 0 Å². The maximum absolute atomic E-state index is 13.6. The van der Waals surface area contributed by atoms with Crippen LogP contribution in [0.2, 0.25) is 0 Å². The Morgan fingerprint density at radius 1 is 1.16 bits per heavy atom. The number of rotatable bonds is 3. The van der Waals surface area contributed by atoms with Gasteiger partial charge in [-0.15, -0.1) is 0 Å². The van der Waals surface area contributed by atoms with E-state index in [2.05, 4.69) is 20.5 Å². The Hall–Kier alpha value is -2.30. The van der Waals surface area contributed by atoms with Crippen LogP contribution in [0, 0.1) is 19.7 Å². The second-order valence-corrected chi connectivity index (χ2v) is 4.26. The molecule has 19 heavy (non-hydrogen) atoms. The highest BCUT2D eigenvalue weighted by Gasteiger charge is 2.04. The van der Waals surface area contributed by atoms with Gasteiger partial charge >= 0.3 is 0 Å². The van der Waals surface area contributed by atoms with E-state index in [0.29, 0.717) is 17.2 Å². The van der Waals surface area contributed by atoms with Crippen LogP contribution in [0.4, 0.5) is 10.3 Å². The van der Waals surface area contributed by atoms with E-state index in [-0.39, 0.29) is 5.82 Å². The van der Waals surface area contributed by atoms with Gasteiger partial charge in [0.05, 0.1) is 5.71 Å². The van der Waals surface area contributed by atoms with Gasteiger partial charge < -0.3 is 0 Å². The van der Waals surface area contributed by atoms with Crippen LogP contribution in [-0.2, 0) is 0 Å². The SMILES string of the molecule is C/C(=N\Nc1nc(C)cc(C)n1)c1ccccc1F. The van der Waals surface area contributed by atoms with Gasteiger partial charge in [-0.25, -0.2) is 19.8 Å².